The summed E-state index contributed by atoms with van der Waals surface area (Å²) in [5.41, 5.74) is 3.00. The predicted octanol–water partition coefficient (Wildman–Crippen LogP) is 3.79. The Morgan fingerprint density at radius 2 is 1.90 bits per heavy atom. The van der Waals surface area contributed by atoms with Crippen molar-refractivity contribution in [2.24, 2.45) is 0 Å². The van der Waals surface area contributed by atoms with Gasteiger partial charge in [0.1, 0.15) is 5.75 Å². The Kier molecular flexibility index (Phi) is 5.00. The molecule has 0 bridgehead atoms. The first kappa shape index (κ1) is 14.8. The summed E-state index contributed by atoms with van der Waals surface area (Å²) >= 11 is 2.26. The Bertz CT molecular complexity index is 608. The van der Waals surface area contributed by atoms with Gasteiger partial charge in [-0.05, 0) is 64.9 Å². The second-order valence-corrected chi connectivity index (χ2v) is 5.70. The number of hydrogen-bond donors (Lipinski definition) is 1. The smallest absolute Gasteiger partial charge is 0.228 e. The van der Waals surface area contributed by atoms with E-state index in [1.54, 1.807) is 7.11 Å². The number of amides is 1. The molecular weight excluding hydrogens is 365 g/mol. The fourth-order valence-corrected chi connectivity index (χ4v) is 2.32. The van der Waals surface area contributed by atoms with E-state index in [1.807, 2.05) is 49.4 Å². The van der Waals surface area contributed by atoms with E-state index in [2.05, 4.69) is 27.9 Å². The number of benzene rings is 2. The van der Waals surface area contributed by atoms with Gasteiger partial charge in [0.2, 0.25) is 5.91 Å². The molecule has 0 heterocycles. The number of carbonyl (C=O) groups is 1. The highest BCUT2D eigenvalue weighted by Crippen LogP contribution is 2.17. The van der Waals surface area contributed by atoms with Crippen LogP contribution in [0.15, 0.2) is 42.5 Å². The van der Waals surface area contributed by atoms with Crippen LogP contribution in [-0.4, -0.2) is 13.0 Å². The van der Waals surface area contributed by atoms with E-state index in [1.165, 1.54) is 5.56 Å². The number of hydrogen-bond acceptors (Lipinski definition) is 2. The molecule has 0 aliphatic rings. The molecule has 1 N–H and O–H groups in total. The van der Waals surface area contributed by atoms with Crippen molar-refractivity contribution < 1.29 is 9.53 Å². The Balaban J connectivity index is 1.99. The molecule has 4 heteroatoms. The summed E-state index contributed by atoms with van der Waals surface area (Å²) in [6.07, 6.45) is 0.356. The van der Waals surface area contributed by atoms with Crippen LogP contribution in [0.2, 0.25) is 0 Å². The van der Waals surface area contributed by atoms with Crippen LogP contribution in [0.3, 0.4) is 0 Å². The minimum atomic E-state index is -0.0187. The third-order valence-electron chi connectivity index (χ3n) is 2.98. The molecule has 0 aromatic heterocycles. The molecule has 2 rings (SSSR count). The van der Waals surface area contributed by atoms with Crippen LogP contribution in [0.4, 0.5) is 5.69 Å². The molecule has 2 aromatic rings. The molecule has 104 valence electrons. The zero-order chi connectivity index (χ0) is 14.5. The van der Waals surface area contributed by atoms with Gasteiger partial charge in [-0.1, -0.05) is 18.2 Å². The lowest BCUT2D eigenvalue weighted by molar-refractivity contribution is -0.115. The van der Waals surface area contributed by atoms with Gasteiger partial charge in [0.15, 0.2) is 0 Å². The SMILES string of the molecule is COc1ccc(CC(=O)Nc2ccc(C)c(I)c2)cc1. The number of halogens is 1. The van der Waals surface area contributed by atoms with Crippen molar-refractivity contribution >= 4 is 34.2 Å². The maximum Gasteiger partial charge on any atom is 0.228 e. The van der Waals surface area contributed by atoms with Crippen molar-refractivity contribution in [2.75, 3.05) is 12.4 Å². The quantitative estimate of drug-likeness (QED) is 0.819. The summed E-state index contributed by atoms with van der Waals surface area (Å²) in [7, 11) is 1.63. The van der Waals surface area contributed by atoms with Gasteiger partial charge in [-0.3, -0.25) is 4.79 Å². The number of rotatable bonds is 4. The first-order chi connectivity index (χ1) is 9.58. The fourth-order valence-electron chi connectivity index (χ4n) is 1.80. The molecule has 20 heavy (non-hydrogen) atoms. The molecule has 0 spiro atoms. The molecule has 3 nitrogen and oxygen atoms in total. The highest BCUT2D eigenvalue weighted by atomic mass is 127. The van der Waals surface area contributed by atoms with Gasteiger partial charge in [0, 0.05) is 9.26 Å². The Morgan fingerprint density at radius 3 is 2.50 bits per heavy atom. The molecule has 2 aromatic carbocycles. The molecule has 0 fully saturated rings. The second-order valence-electron chi connectivity index (χ2n) is 4.54. The summed E-state index contributed by atoms with van der Waals surface area (Å²) in [4.78, 5) is 12.0. The predicted molar refractivity (Wildman–Crippen MR) is 89.2 cm³/mol. The van der Waals surface area contributed by atoms with Crippen LogP contribution < -0.4 is 10.1 Å². The first-order valence-electron chi connectivity index (χ1n) is 6.27. The zero-order valence-electron chi connectivity index (χ0n) is 11.4. The molecule has 0 radical (unpaired) electrons. The first-order valence-corrected chi connectivity index (χ1v) is 7.35. The monoisotopic (exact) mass is 381 g/mol. The van der Waals surface area contributed by atoms with Crippen LogP contribution in [0.25, 0.3) is 0 Å². The van der Waals surface area contributed by atoms with Gasteiger partial charge in [-0.15, -0.1) is 0 Å². The number of methoxy groups -OCH3 is 1. The van der Waals surface area contributed by atoms with Crippen molar-refractivity contribution in [1.29, 1.82) is 0 Å². The lowest BCUT2D eigenvalue weighted by atomic mass is 10.1. The molecule has 0 aliphatic heterocycles. The topological polar surface area (TPSA) is 38.3 Å². The number of anilines is 1. The van der Waals surface area contributed by atoms with Crippen molar-refractivity contribution in [3.63, 3.8) is 0 Å². The summed E-state index contributed by atoms with van der Waals surface area (Å²) in [6.45, 7) is 2.05. The van der Waals surface area contributed by atoms with E-state index in [0.717, 1.165) is 20.6 Å². The highest BCUT2D eigenvalue weighted by Gasteiger charge is 2.05. The van der Waals surface area contributed by atoms with Crippen LogP contribution in [0.5, 0.6) is 5.75 Å². The van der Waals surface area contributed by atoms with E-state index in [4.69, 9.17) is 4.74 Å². The number of nitrogens with one attached hydrogen (secondary N) is 1. The highest BCUT2D eigenvalue weighted by molar-refractivity contribution is 14.1. The Labute approximate surface area is 132 Å². The zero-order valence-corrected chi connectivity index (χ0v) is 13.6. The van der Waals surface area contributed by atoms with Gasteiger partial charge >= 0.3 is 0 Å². The van der Waals surface area contributed by atoms with Gasteiger partial charge in [-0.25, -0.2) is 0 Å². The normalized spacial score (nSPS) is 10.2. The van der Waals surface area contributed by atoms with Gasteiger partial charge in [0.25, 0.3) is 0 Å². The molecule has 0 saturated carbocycles. The van der Waals surface area contributed by atoms with Crippen molar-refractivity contribution in [1.82, 2.24) is 0 Å². The molecule has 0 saturated heterocycles. The summed E-state index contributed by atoms with van der Waals surface area (Å²) < 4.78 is 6.24. The van der Waals surface area contributed by atoms with Gasteiger partial charge in [0.05, 0.1) is 13.5 Å². The fraction of sp³-hybridized carbons (Fsp3) is 0.188. The average molecular weight is 381 g/mol. The molecule has 0 aliphatic carbocycles. The van der Waals surface area contributed by atoms with Crippen LogP contribution in [-0.2, 0) is 11.2 Å². The third-order valence-corrected chi connectivity index (χ3v) is 4.14. The standard InChI is InChI=1S/C16H16INO2/c1-11-3-6-13(10-15(11)17)18-16(19)9-12-4-7-14(20-2)8-5-12/h3-8,10H,9H2,1-2H3,(H,18,19). The lowest BCUT2D eigenvalue weighted by Gasteiger charge is -2.07. The summed E-state index contributed by atoms with van der Waals surface area (Å²) in [5, 5.41) is 2.91. The van der Waals surface area contributed by atoms with E-state index in [9.17, 15) is 4.79 Å². The lowest BCUT2D eigenvalue weighted by Crippen LogP contribution is -2.14. The minimum absolute atomic E-state index is 0.0187. The van der Waals surface area contributed by atoms with E-state index < -0.39 is 0 Å². The van der Waals surface area contributed by atoms with Crippen LogP contribution in [0.1, 0.15) is 11.1 Å². The van der Waals surface area contributed by atoms with Crippen molar-refractivity contribution in [3.8, 4) is 5.75 Å². The van der Waals surface area contributed by atoms with Gasteiger partial charge in [-0.2, -0.15) is 0 Å². The molecule has 0 unspecified atom stereocenters. The van der Waals surface area contributed by atoms with Crippen molar-refractivity contribution in [3.05, 3.63) is 57.2 Å². The Morgan fingerprint density at radius 1 is 1.20 bits per heavy atom. The Hall–Kier alpha value is -1.56. The summed E-state index contributed by atoms with van der Waals surface area (Å²) in [5.74, 6) is 0.775. The second kappa shape index (κ2) is 6.74. The maximum atomic E-state index is 12.0. The minimum Gasteiger partial charge on any atom is -0.497 e. The molecule has 0 atom stereocenters. The van der Waals surface area contributed by atoms with E-state index >= 15 is 0 Å². The van der Waals surface area contributed by atoms with Crippen LogP contribution in [0, 0.1) is 10.5 Å². The van der Waals surface area contributed by atoms with E-state index in [0.29, 0.717) is 6.42 Å². The average Bonchev–Trinajstić information content (AvgIpc) is 2.44. The number of aryl methyl sites for hydroxylation is 1. The van der Waals surface area contributed by atoms with Gasteiger partial charge < -0.3 is 10.1 Å². The van der Waals surface area contributed by atoms with Crippen LogP contribution >= 0.6 is 22.6 Å². The molecular formula is C16H16INO2. The van der Waals surface area contributed by atoms with Crippen molar-refractivity contribution in [2.45, 2.75) is 13.3 Å². The largest absolute Gasteiger partial charge is 0.497 e. The maximum absolute atomic E-state index is 12.0. The number of ether oxygens (including phenoxy) is 1. The third kappa shape index (κ3) is 3.96. The number of carbonyl (C=O) groups excluding carboxylic acids is 1. The van der Waals surface area contributed by atoms with E-state index in [-0.39, 0.29) is 5.91 Å². The molecule has 1 amide bonds. The summed E-state index contributed by atoms with van der Waals surface area (Å²) in [6, 6.07) is 13.4.